The third-order valence-corrected chi connectivity index (χ3v) is 4.82. The van der Waals surface area contributed by atoms with E-state index in [1.54, 1.807) is 31.4 Å². The Balaban J connectivity index is 2.01. The second-order valence-electron chi connectivity index (χ2n) is 5.23. The summed E-state index contributed by atoms with van der Waals surface area (Å²) in [6.07, 6.45) is 3.01. The Bertz CT molecular complexity index is 859. The van der Waals surface area contributed by atoms with Crippen LogP contribution in [0.25, 0.3) is 6.08 Å². The number of benzene rings is 2. The zero-order chi connectivity index (χ0) is 18.3. The van der Waals surface area contributed by atoms with E-state index in [1.165, 1.54) is 25.3 Å². The van der Waals surface area contributed by atoms with Crippen LogP contribution in [0.2, 0.25) is 0 Å². The summed E-state index contributed by atoms with van der Waals surface area (Å²) >= 11 is 0. The van der Waals surface area contributed by atoms with Crippen molar-refractivity contribution in [1.29, 1.82) is 0 Å². The maximum atomic E-state index is 12.0. The molecule has 2 aromatic carbocycles. The molecule has 0 radical (unpaired) electrons. The van der Waals surface area contributed by atoms with Crippen molar-refractivity contribution in [3.63, 3.8) is 0 Å². The Morgan fingerprint density at radius 2 is 1.88 bits per heavy atom. The SMILES string of the molecule is CNS(=O)(=O)c1ccc(/C=C/C(=O)Nc2cccc(COC)c2)cc1. The number of hydrogen-bond acceptors (Lipinski definition) is 4. The number of nitrogens with one attached hydrogen (secondary N) is 2. The number of hydrogen-bond donors (Lipinski definition) is 2. The molecule has 0 bridgehead atoms. The Hall–Kier alpha value is -2.48. The predicted molar refractivity (Wildman–Crippen MR) is 97.5 cm³/mol. The molecule has 0 aliphatic heterocycles. The van der Waals surface area contributed by atoms with Crippen molar-refractivity contribution in [2.24, 2.45) is 0 Å². The fraction of sp³-hybridized carbons (Fsp3) is 0.167. The molecule has 0 unspecified atom stereocenters. The first-order chi connectivity index (χ1) is 11.9. The Labute approximate surface area is 147 Å². The number of carbonyl (C=O) groups excluding carboxylic acids is 1. The highest BCUT2D eigenvalue weighted by atomic mass is 32.2. The molecule has 0 heterocycles. The molecule has 0 atom stereocenters. The summed E-state index contributed by atoms with van der Waals surface area (Å²) in [5.41, 5.74) is 2.36. The van der Waals surface area contributed by atoms with E-state index in [2.05, 4.69) is 10.0 Å². The fourth-order valence-corrected chi connectivity index (χ4v) is 2.87. The largest absolute Gasteiger partial charge is 0.380 e. The van der Waals surface area contributed by atoms with Gasteiger partial charge in [-0.2, -0.15) is 0 Å². The third-order valence-electron chi connectivity index (χ3n) is 3.39. The number of sulfonamides is 1. The number of carbonyl (C=O) groups is 1. The van der Waals surface area contributed by atoms with Crippen LogP contribution in [0.1, 0.15) is 11.1 Å². The van der Waals surface area contributed by atoms with Crippen LogP contribution < -0.4 is 10.0 Å². The molecular weight excluding hydrogens is 340 g/mol. The number of ether oxygens (including phenoxy) is 1. The molecule has 2 aromatic rings. The molecule has 132 valence electrons. The number of anilines is 1. The van der Waals surface area contributed by atoms with Gasteiger partial charge in [0.05, 0.1) is 11.5 Å². The lowest BCUT2D eigenvalue weighted by molar-refractivity contribution is -0.111. The quantitative estimate of drug-likeness (QED) is 0.743. The number of amides is 1. The Morgan fingerprint density at radius 3 is 2.52 bits per heavy atom. The molecule has 2 rings (SSSR count). The second-order valence-corrected chi connectivity index (χ2v) is 7.12. The van der Waals surface area contributed by atoms with Gasteiger partial charge in [0.1, 0.15) is 0 Å². The van der Waals surface area contributed by atoms with E-state index in [9.17, 15) is 13.2 Å². The standard InChI is InChI=1S/C18H20N2O4S/c1-19-25(22,23)17-9-6-14(7-10-17)8-11-18(21)20-16-5-3-4-15(12-16)13-24-2/h3-12,19H,13H2,1-2H3,(H,20,21)/b11-8+. The Morgan fingerprint density at radius 1 is 1.16 bits per heavy atom. The van der Waals surface area contributed by atoms with Crippen molar-refractivity contribution in [2.45, 2.75) is 11.5 Å². The summed E-state index contributed by atoms with van der Waals surface area (Å²) in [5, 5.41) is 2.77. The zero-order valence-electron chi connectivity index (χ0n) is 14.0. The van der Waals surface area contributed by atoms with Crippen LogP contribution in [0.4, 0.5) is 5.69 Å². The first kappa shape index (κ1) is 18.9. The highest BCUT2D eigenvalue weighted by molar-refractivity contribution is 7.89. The summed E-state index contributed by atoms with van der Waals surface area (Å²) in [6, 6.07) is 13.6. The normalized spacial score (nSPS) is 11.6. The number of methoxy groups -OCH3 is 1. The van der Waals surface area contributed by atoms with Crippen LogP contribution in [0.3, 0.4) is 0 Å². The van der Waals surface area contributed by atoms with Gasteiger partial charge in [0.2, 0.25) is 15.9 Å². The molecule has 0 saturated heterocycles. The summed E-state index contributed by atoms with van der Waals surface area (Å²) in [5.74, 6) is -0.276. The van der Waals surface area contributed by atoms with Gasteiger partial charge in [0, 0.05) is 18.9 Å². The molecule has 0 saturated carbocycles. The van der Waals surface area contributed by atoms with Gasteiger partial charge in [-0.05, 0) is 48.5 Å². The molecular formula is C18H20N2O4S. The van der Waals surface area contributed by atoms with Gasteiger partial charge >= 0.3 is 0 Å². The van der Waals surface area contributed by atoms with Crippen molar-refractivity contribution in [2.75, 3.05) is 19.5 Å². The van der Waals surface area contributed by atoms with E-state index in [1.807, 2.05) is 18.2 Å². The van der Waals surface area contributed by atoms with Crippen LogP contribution >= 0.6 is 0 Å². The van der Waals surface area contributed by atoms with Gasteiger partial charge in [-0.1, -0.05) is 24.3 Å². The van der Waals surface area contributed by atoms with Crippen LogP contribution in [0.5, 0.6) is 0 Å². The fourth-order valence-electron chi connectivity index (χ4n) is 2.14. The van der Waals surface area contributed by atoms with Crippen molar-refractivity contribution in [3.05, 3.63) is 65.7 Å². The van der Waals surface area contributed by atoms with Crippen molar-refractivity contribution in [1.82, 2.24) is 4.72 Å². The third kappa shape index (κ3) is 5.53. The summed E-state index contributed by atoms with van der Waals surface area (Å²) in [6.45, 7) is 0.474. The molecule has 25 heavy (non-hydrogen) atoms. The lowest BCUT2D eigenvalue weighted by Crippen LogP contribution is -2.18. The molecule has 0 fully saturated rings. The zero-order valence-corrected chi connectivity index (χ0v) is 14.8. The van der Waals surface area contributed by atoms with Crippen LogP contribution in [0, 0.1) is 0 Å². The van der Waals surface area contributed by atoms with E-state index in [-0.39, 0.29) is 10.8 Å². The molecule has 0 aliphatic rings. The minimum absolute atomic E-state index is 0.173. The molecule has 1 amide bonds. The summed E-state index contributed by atoms with van der Waals surface area (Å²) in [4.78, 5) is 12.2. The number of rotatable bonds is 7. The van der Waals surface area contributed by atoms with E-state index in [0.717, 1.165) is 11.1 Å². The minimum atomic E-state index is -3.46. The topological polar surface area (TPSA) is 84.5 Å². The maximum Gasteiger partial charge on any atom is 0.248 e. The van der Waals surface area contributed by atoms with Gasteiger partial charge < -0.3 is 10.1 Å². The van der Waals surface area contributed by atoms with Crippen LogP contribution in [-0.2, 0) is 26.2 Å². The lowest BCUT2D eigenvalue weighted by atomic mass is 10.2. The van der Waals surface area contributed by atoms with Crippen molar-refractivity contribution in [3.8, 4) is 0 Å². The smallest absolute Gasteiger partial charge is 0.248 e. The highest BCUT2D eigenvalue weighted by Gasteiger charge is 2.09. The van der Waals surface area contributed by atoms with E-state index in [4.69, 9.17) is 4.74 Å². The molecule has 0 aromatic heterocycles. The van der Waals surface area contributed by atoms with E-state index in [0.29, 0.717) is 12.3 Å². The average molecular weight is 360 g/mol. The van der Waals surface area contributed by atoms with Crippen LogP contribution in [-0.4, -0.2) is 28.5 Å². The van der Waals surface area contributed by atoms with Gasteiger partial charge in [-0.25, -0.2) is 13.1 Å². The summed E-state index contributed by atoms with van der Waals surface area (Å²) < 4.78 is 30.6. The monoisotopic (exact) mass is 360 g/mol. The Kier molecular flexibility index (Phi) is 6.46. The maximum absolute atomic E-state index is 12.0. The molecule has 7 heteroatoms. The predicted octanol–water partition coefficient (Wildman–Crippen LogP) is 2.39. The van der Waals surface area contributed by atoms with Gasteiger partial charge in [-0.3, -0.25) is 4.79 Å². The molecule has 6 nitrogen and oxygen atoms in total. The molecule has 2 N–H and O–H groups in total. The molecule has 0 spiro atoms. The van der Waals surface area contributed by atoms with Gasteiger partial charge in [0.15, 0.2) is 0 Å². The molecule has 0 aliphatic carbocycles. The first-order valence-electron chi connectivity index (χ1n) is 7.55. The van der Waals surface area contributed by atoms with E-state index >= 15 is 0 Å². The highest BCUT2D eigenvalue weighted by Crippen LogP contribution is 2.13. The first-order valence-corrected chi connectivity index (χ1v) is 9.03. The van der Waals surface area contributed by atoms with Gasteiger partial charge in [-0.15, -0.1) is 0 Å². The van der Waals surface area contributed by atoms with Crippen molar-refractivity contribution >= 4 is 27.7 Å². The lowest BCUT2D eigenvalue weighted by Gasteiger charge is -2.05. The van der Waals surface area contributed by atoms with Crippen LogP contribution in [0.15, 0.2) is 59.5 Å². The minimum Gasteiger partial charge on any atom is -0.380 e. The van der Waals surface area contributed by atoms with Crippen molar-refractivity contribution < 1.29 is 17.9 Å². The van der Waals surface area contributed by atoms with Gasteiger partial charge in [0.25, 0.3) is 0 Å². The average Bonchev–Trinajstić information content (AvgIpc) is 2.61. The summed E-state index contributed by atoms with van der Waals surface area (Å²) in [7, 11) is -0.491. The van der Waals surface area contributed by atoms with E-state index < -0.39 is 10.0 Å². The second kappa shape index (κ2) is 8.57.